The Balaban J connectivity index is 1.84. The number of rotatable bonds is 3. The number of nitrogens with zero attached hydrogens (tertiary/aromatic N) is 1. The van der Waals surface area contributed by atoms with Crippen molar-refractivity contribution in [3.8, 4) is 23.0 Å². The average molecular weight is 384 g/mol. The number of hydrogen-bond acceptors (Lipinski definition) is 6. The second-order valence-corrected chi connectivity index (χ2v) is 6.13. The van der Waals surface area contributed by atoms with Crippen LogP contribution in [-0.4, -0.2) is 11.1 Å². The molecule has 7 nitrogen and oxygen atoms in total. The second kappa shape index (κ2) is 6.81. The van der Waals surface area contributed by atoms with Crippen LogP contribution in [-0.2, 0) is 0 Å². The maximum absolute atomic E-state index is 12.8. The molecular weight excluding hydrogens is 372 g/mol. The number of anilines is 2. The van der Waals surface area contributed by atoms with Crippen LogP contribution < -0.4 is 20.0 Å². The molecular formula is C19H12ClN2O5-. The van der Waals surface area contributed by atoms with E-state index >= 15 is 0 Å². The normalized spacial score (nSPS) is 12.2. The van der Waals surface area contributed by atoms with Gasteiger partial charge in [0.25, 0.3) is 5.91 Å². The summed E-state index contributed by atoms with van der Waals surface area (Å²) >= 11 is 5.87. The van der Waals surface area contributed by atoms with Crippen molar-refractivity contribution in [2.45, 2.75) is 0 Å². The minimum atomic E-state index is -0.471. The first kappa shape index (κ1) is 17.2. The SMILES string of the molecule is O=C1Nc2ccccc2Oc2cc(N([O-])O)cc(Oc3ccc(Cl)cc3)c21. The van der Waals surface area contributed by atoms with Crippen molar-refractivity contribution in [1.82, 2.24) is 0 Å². The molecule has 0 fully saturated rings. The Kier molecular flexibility index (Phi) is 4.33. The number of benzene rings is 3. The van der Waals surface area contributed by atoms with Crippen LogP contribution in [0.3, 0.4) is 0 Å². The molecule has 0 saturated carbocycles. The van der Waals surface area contributed by atoms with Gasteiger partial charge in [-0.2, -0.15) is 0 Å². The molecule has 0 aromatic heterocycles. The van der Waals surface area contributed by atoms with E-state index in [0.717, 1.165) is 0 Å². The van der Waals surface area contributed by atoms with Crippen molar-refractivity contribution >= 4 is 28.9 Å². The molecule has 4 rings (SSSR count). The maximum atomic E-state index is 12.8. The van der Waals surface area contributed by atoms with E-state index in [9.17, 15) is 15.2 Å². The molecule has 8 heteroatoms. The molecule has 1 heterocycles. The molecule has 1 amide bonds. The lowest BCUT2D eigenvalue weighted by atomic mass is 10.1. The minimum Gasteiger partial charge on any atom is -0.733 e. The third-order valence-electron chi connectivity index (χ3n) is 3.90. The summed E-state index contributed by atoms with van der Waals surface area (Å²) in [5.74, 6) is 0.443. The molecule has 0 saturated heterocycles. The number of amides is 1. The number of carbonyl (C=O) groups is 1. The van der Waals surface area contributed by atoms with Gasteiger partial charge in [0.15, 0.2) is 5.75 Å². The molecule has 27 heavy (non-hydrogen) atoms. The highest BCUT2D eigenvalue weighted by Crippen LogP contribution is 2.43. The number of para-hydroxylation sites is 2. The van der Waals surface area contributed by atoms with Crippen molar-refractivity contribution in [3.63, 3.8) is 0 Å². The molecule has 1 aliphatic rings. The van der Waals surface area contributed by atoms with Crippen LogP contribution >= 0.6 is 11.6 Å². The summed E-state index contributed by atoms with van der Waals surface area (Å²) in [5, 5.41) is 23.7. The third-order valence-corrected chi connectivity index (χ3v) is 4.15. The number of halogens is 1. The molecule has 0 unspecified atom stereocenters. The fourth-order valence-corrected chi connectivity index (χ4v) is 2.79. The highest BCUT2D eigenvalue weighted by atomic mass is 35.5. The first-order valence-corrected chi connectivity index (χ1v) is 8.25. The predicted octanol–water partition coefficient (Wildman–Crippen LogP) is 5.18. The van der Waals surface area contributed by atoms with Crippen LogP contribution in [0.1, 0.15) is 10.4 Å². The summed E-state index contributed by atoms with van der Waals surface area (Å²) in [6.07, 6.45) is 0. The quantitative estimate of drug-likeness (QED) is 0.605. The molecule has 0 bridgehead atoms. The average Bonchev–Trinajstić information content (AvgIpc) is 2.79. The molecule has 2 N–H and O–H groups in total. The first-order valence-electron chi connectivity index (χ1n) is 7.87. The Morgan fingerprint density at radius 2 is 1.81 bits per heavy atom. The second-order valence-electron chi connectivity index (χ2n) is 5.70. The zero-order valence-corrected chi connectivity index (χ0v) is 14.4. The minimum absolute atomic E-state index is 0.0463. The smallest absolute Gasteiger partial charge is 0.263 e. The van der Waals surface area contributed by atoms with Gasteiger partial charge in [-0.05, 0) is 36.4 Å². The van der Waals surface area contributed by atoms with E-state index in [-0.39, 0.29) is 28.0 Å². The highest BCUT2D eigenvalue weighted by Gasteiger charge is 2.26. The van der Waals surface area contributed by atoms with Gasteiger partial charge in [0.2, 0.25) is 0 Å². The molecule has 0 spiro atoms. The monoisotopic (exact) mass is 383 g/mol. The van der Waals surface area contributed by atoms with E-state index in [1.54, 1.807) is 48.5 Å². The van der Waals surface area contributed by atoms with Gasteiger partial charge in [-0.1, -0.05) is 23.7 Å². The van der Waals surface area contributed by atoms with E-state index in [1.807, 2.05) is 0 Å². The summed E-state index contributed by atoms with van der Waals surface area (Å²) in [5.41, 5.74) is 0.414. The van der Waals surface area contributed by atoms with Crippen LogP contribution in [0.15, 0.2) is 60.7 Å². The van der Waals surface area contributed by atoms with Crippen LogP contribution in [0.2, 0.25) is 5.02 Å². The lowest BCUT2D eigenvalue weighted by Gasteiger charge is -2.24. The largest absolute Gasteiger partial charge is 0.733 e. The first-order chi connectivity index (χ1) is 13.0. The molecule has 0 aliphatic carbocycles. The molecule has 3 aromatic carbocycles. The van der Waals surface area contributed by atoms with Crippen molar-refractivity contribution in [2.24, 2.45) is 0 Å². The topological polar surface area (TPSA) is 94.1 Å². The fourth-order valence-electron chi connectivity index (χ4n) is 2.66. The Labute approximate surface area is 158 Å². The molecule has 0 atom stereocenters. The fraction of sp³-hybridized carbons (Fsp3) is 0. The van der Waals surface area contributed by atoms with E-state index in [0.29, 0.717) is 22.2 Å². The van der Waals surface area contributed by atoms with E-state index < -0.39 is 5.91 Å². The summed E-state index contributed by atoms with van der Waals surface area (Å²) in [6.45, 7) is 0. The molecule has 136 valence electrons. The van der Waals surface area contributed by atoms with Gasteiger partial charge in [-0.25, -0.2) is 0 Å². The summed E-state index contributed by atoms with van der Waals surface area (Å²) in [7, 11) is 0. The number of fused-ring (bicyclic) bond motifs is 2. The zero-order valence-electron chi connectivity index (χ0n) is 13.7. The number of hydrogen-bond donors (Lipinski definition) is 2. The Morgan fingerprint density at radius 1 is 1.07 bits per heavy atom. The van der Waals surface area contributed by atoms with Crippen LogP contribution in [0.4, 0.5) is 11.4 Å². The van der Waals surface area contributed by atoms with E-state index in [1.165, 1.54) is 12.1 Å². The van der Waals surface area contributed by atoms with Gasteiger partial charge in [-0.15, -0.1) is 0 Å². The lowest BCUT2D eigenvalue weighted by Crippen LogP contribution is -2.13. The van der Waals surface area contributed by atoms with Crippen LogP contribution in [0.25, 0.3) is 0 Å². The zero-order chi connectivity index (χ0) is 19.0. The number of ether oxygens (including phenoxy) is 2. The summed E-state index contributed by atoms with van der Waals surface area (Å²) in [4.78, 5) is 12.8. The third kappa shape index (κ3) is 3.39. The van der Waals surface area contributed by atoms with Gasteiger partial charge in [0.05, 0.1) is 11.4 Å². The maximum Gasteiger partial charge on any atom is 0.263 e. The van der Waals surface area contributed by atoms with Crippen LogP contribution in [0.5, 0.6) is 23.0 Å². The lowest BCUT2D eigenvalue weighted by molar-refractivity contribution is 0.102. The highest BCUT2D eigenvalue weighted by molar-refractivity contribution is 6.30. The van der Waals surface area contributed by atoms with Gasteiger partial charge >= 0.3 is 0 Å². The van der Waals surface area contributed by atoms with Crippen molar-refractivity contribution in [2.75, 3.05) is 10.5 Å². The number of carbonyl (C=O) groups excluding carboxylic acids is 1. The Hall–Kier alpha value is -3.26. The van der Waals surface area contributed by atoms with Gasteiger partial charge in [-0.3, -0.25) is 10.0 Å². The molecule has 1 aliphatic heterocycles. The van der Waals surface area contributed by atoms with Crippen LogP contribution in [0, 0.1) is 5.21 Å². The molecule has 3 aromatic rings. The summed E-state index contributed by atoms with van der Waals surface area (Å²) < 4.78 is 11.6. The predicted molar refractivity (Wildman–Crippen MR) is 100 cm³/mol. The standard InChI is InChI=1S/C19H12ClN2O5/c20-11-5-7-13(8-6-11)26-16-9-12(22(24)25)10-17-18(16)19(23)21-14-3-1-2-4-15(14)27-17/h1-10,24H,(H,21,23)/q-1. The Morgan fingerprint density at radius 3 is 2.56 bits per heavy atom. The van der Waals surface area contributed by atoms with Crippen molar-refractivity contribution in [1.29, 1.82) is 0 Å². The van der Waals surface area contributed by atoms with E-state index in [4.69, 9.17) is 21.1 Å². The Bertz CT molecular complexity index is 1020. The van der Waals surface area contributed by atoms with Crippen molar-refractivity contribution in [3.05, 3.63) is 76.5 Å². The van der Waals surface area contributed by atoms with Gasteiger partial charge in [0.1, 0.15) is 22.8 Å². The number of nitrogens with one attached hydrogen (secondary N) is 1. The van der Waals surface area contributed by atoms with Gasteiger partial charge in [0, 0.05) is 17.2 Å². The van der Waals surface area contributed by atoms with E-state index in [2.05, 4.69) is 5.32 Å². The van der Waals surface area contributed by atoms with Gasteiger partial charge < -0.3 is 25.2 Å². The van der Waals surface area contributed by atoms with Crippen molar-refractivity contribution < 1.29 is 19.5 Å². The molecule has 0 radical (unpaired) electrons. The summed E-state index contributed by atoms with van der Waals surface area (Å²) in [6, 6.07) is 15.8.